The van der Waals surface area contributed by atoms with Crippen molar-refractivity contribution >= 4 is 5.91 Å². The average Bonchev–Trinajstić information content (AvgIpc) is 2.96. The highest BCUT2D eigenvalue weighted by Crippen LogP contribution is 2.06. The van der Waals surface area contributed by atoms with Gasteiger partial charge < -0.3 is 14.8 Å². The monoisotopic (exact) mass is 237 g/mol. The maximum absolute atomic E-state index is 11.7. The summed E-state index contributed by atoms with van der Waals surface area (Å²) in [6, 6.07) is 0. The number of hydrogen-bond donors (Lipinski definition) is 1. The molecule has 17 heavy (non-hydrogen) atoms. The molecule has 1 aromatic rings. The summed E-state index contributed by atoms with van der Waals surface area (Å²) in [6.07, 6.45) is 4.77. The number of carbonyl (C=O) groups excluding carboxylic acids is 1. The molecule has 2 rings (SSSR count). The van der Waals surface area contributed by atoms with E-state index in [0.717, 1.165) is 44.7 Å². The van der Waals surface area contributed by atoms with Gasteiger partial charge in [0.2, 0.25) is 5.91 Å². The quantitative estimate of drug-likeness (QED) is 0.706. The number of carbonyl (C=O) groups is 1. The van der Waals surface area contributed by atoms with E-state index in [1.54, 1.807) is 6.33 Å². The number of nitrogens with zero attached hydrogens (tertiary/aromatic N) is 4. The predicted octanol–water partition coefficient (Wildman–Crippen LogP) is -0.430. The van der Waals surface area contributed by atoms with Gasteiger partial charge in [0.1, 0.15) is 12.2 Å². The summed E-state index contributed by atoms with van der Waals surface area (Å²) >= 11 is 0. The van der Waals surface area contributed by atoms with Crippen LogP contribution < -0.4 is 5.32 Å². The van der Waals surface area contributed by atoms with Crippen LogP contribution in [0.3, 0.4) is 0 Å². The van der Waals surface area contributed by atoms with Gasteiger partial charge in [-0.05, 0) is 12.8 Å². The van der Waals surface area contributed by atoms with Crippen molar-refractivity contribution in [2.75, 3.05) is 26.2 Å². The Morgan fingerprint density at radius 3 is 2.88 bits per heavy atom. The van der Waals surface area contributed by atoms with Gasteiger partial charge in [-0.2, -0.15) is 0 Å². The van der Waals surface area contributed by atoms with Gasteiger partial charge in [0.05, 0.1) is 6.54 Å². The van der Waals surface area contributed by atoms with E-state index in [1.165, 1.54) is 0 Å². The number of likely N-dealkylation sites (tertiary alicyclic amines) is 1. The minimum Gasteiger partial charge on any atom is -0.342 e. The van der Waals surface area contributed by atoms with Crippen LogP contribution in [0.15, 0.2) is 6.33 Å². The first-order valence-corrected chi connectivity index (χ1v) is 6.09. The van der Waals surface area contributed by atoms with E-state index in [2.05, 4.69) is 15.5 Å². The molecule has 1 aromatic heterocycles. The average molecular weight is 237 g/mol. The summed E-state index contributed by atoms with van der Waals surface area (Å²) in [6.45, 7) is 3.03. The van der Waals surface area contributed by atoms with E-state index in [-0.39, 0.29) is 5.91 Å². The topological polar surface area (TPSA) is 63.1 Å². The SMILES string of the molecule is Cn1cnnc1CCNCC(=O)N1CCCC1. The first-order valence-electron chi connectivity index (χ1n) is 6.09. The smallest absolute Gasteiger partial charge is 0.236 e. The lowest BCUT2D eigenvalue weighted by Crippen LogP contribution is -2.37. The van der Waals surface area contributed by atoms with Crippen LogP contribution >= 0.6 is 0 Å². The van der Waals surface area contributed by atoms with E-state index in [1.807, 2.05) is 16.5 Å². The number of hydrogen-bond acceptors (Lipinski definition) is 4. The Morgan fingerprint density at radius 1 is 1.47 bits per heavy atom. The van der Waals surface area contributed by atoms with Gasteiger partial charge in [0.25, 0.3) is 0 Å². The fourth-order valence-electron chi connectivity index (χ4n) is 2.01. The summed E-state index contributed by atoms with van der Waals surface area (Å²) in [5.41, 5.74) is 0. The molecule has 0 atom stereocenters. The fourth-order valence-corrected chi connectivity index (χ4v) is 2.01. The standard InChI is InChI=1S/C11H19N5O/c1-15-9-13-14-10(15)4-5-12-8-11(17)16-6-2-3-7-16/h9,12H,2-8H2,1H3. The molecule has 1 N–H and O–H groups in total. The molecular weight excluding hydrogens is 218 g/mol. The van der Waals surface area contributed by atoms with E-state index in [9.17, 15) is 4.79 Å². The number of aromatic nitrogens is 3. The van der Waals surface area contributed by atoms with Crippen molar-refractivity contribution in [3.63, 3.8) is 0 Å². The second kappa shape index (κ2) is 5.77. The lowest BCUT2D eigenvalue weighted by Gasteiger charge is -2.15. The minimum absolute atomic E-state index is 0.209. The second-order valence-corrected chi connectivity index (χ2v) is 4.37. The van der Waals surface area contributed by atoms with Gasteiger partial charge in [-0.15, -0.1) is 10.2 Å². The zero-order chi connectivity index (χ0) is 12.1. The highest BCUT2D eigenvalue weighted by atomic mass is 16.2. The molecule has 1 amide bonds. The van der Waals surface area contributed by atoms with E-state index in [4.69, 9.17) is 0 Å². The van der Waals surface area contributed by atoms with E-state index >= 15 is 0 Å². The third-order valence-electron chi connectivity index (χ3n) is 3.07. The van der Waals surface area contributed by atoms with Gasteiger partial charge in [-0.25, -0.2) is 0 Å². The summed E-state index contributed by atoms with van der Waals surface area (Å²) in [5, 5.41) is 11.0. The van der Waals surface area contributed by atoms with Crippen molar-refractivity contribution in [3.05, 3.63) is 12.2 Å². The fraction of sp³-hybridized carbons (Fsp3) is 0.727. The molecule has 2 heterocycles. The van der Waals surface area contributed by atoms with Crippen molar-refractivity contribution in [1.29, 1.82) is 0 Å². The summed E-state index contributed by atoms with van der Waals surface area (Å²) in [4.78, 5) is 13.6. The normalized spacial score (nSPS) is 15.5. The number of nitrogens with one attached hydrogen (secondary N) is 1. The summed E-state index contributed by atoms with van der Waals surface area (Å²) < 4.78 is 1.89. The van der Waals surface area contributed by atoms with Crippen LogP contribution in [-0.2, 0) is 18.3 Å². The predicted molar refractivity (Wildman–Crippen MR) is 63.4 cm³/mol. The highest BCUT2D eigenvalue weighted by Gasteiger charge is 2.16. The number of aryl methyl sites for hydroxylation is 1. The van der Waals surface area contributed by atoms with Gasteiger partial charge in [0.15, 0.2) is 0 Å². The summed E-state index contributed by atoms with van der Waals surface area (Å²) in [7, 11) is 1.92. The first-order chi connectivity index (χ1) is 8.27. The zero-order valence-electron chi connectivity index (χ0n) is 10.2. The molecule has 0 aliphatic carbocycles. The molecule has 1 saturated heterocycles. The van der Waals surface area contributed by atoms with Crippen LogP contribution in [0, 0.1) is 0 Å². The third kappa shape index (κ3) is 3.26. The molecule has 0 radical (unpaired) electrons. The Bertz CT molecular complexity index is 370. The van der Waals surface area contributed by atoms with Gasteiger partial charge in [-0.3, -0.25) is 4.79 Å². The summed E-state index contributed by atoms with van der Waals surface area (Å²) in [5.74, 6) is 1.14. The van der Waals surface area contributed by atoms with Crippen molar-refractivity contribution < 1.29 is 4.79 Å². The molecule has 94 valence electrons. The van der Waals surface area contributed by atoms with Crippen LogP contribution in [0.4, 0.5) is 0 Å². The lowest BCUT2D eigenvalue weighted by atomic mass is 10.4. The Morgan fingerprint density at radius 2 is 2.24 bits per heavy atom. The third-order valence-corrected chi connectivity index (χ3v) is 3.07. The van der Waals surface area contributed by atoms with Crippen molar-refractivity contribution in [2.24, 2.45) is 7.05 Å². The van der Waals surface area contributed by atoms with Crippen molar-refractivity contribution in [2.45, 2.75) is 19.3 Å². The molecule has 0 unspecified atom stereocenters. The van der Waals surface area contributed by atoms with Crippen molar-refractivity contribution in [3.8, 4) is 0 Å². The van der Waals surface area contributed by atoms with Gasteiger partial charge in [-0.1, -0.05) is 0 Å². The molecule has 0 spiro atoms. The molecule has 6 nitrogen and oxygen atoms in total. The molecule has 1 aliphatic heterocycles. The highest BCUT2D eigenvalue weighted by molar-refractivity contribution is 5.78. The molecule has 0 bridgehead atoms. The molecule has 0 saturated carbocycles. The molecule has 1 fully saturated rings. The van der Waals surface area contributed by atoms with Crippen LogP contribution in [0.5, 0.6) is 0 Å². The van der Waals surface area contributed by atoms with Crippen molar-refractivity contribution in [1.82, 2.24) is 25.0 Å². The largest absolute Gasteiger partial charge is 0.342 e. The Hall–Kier alpha value is -1.43. The van der Waals surface area contributed by atoms with Gasteiger partial charge in [0, 0.05) is 33.1 Å². The Labute approximate surface area is 101 Å². The number of rotatable bonds is 5. The second-order valence-electron chi connectivity index (χ2n) is 4.37. The zero-order valence-corrected chi connectivity index (χ0v) is 10.2. The van der Waals surface area contributed by atoms with Crippen LogP contribution in [0.2, 0.25) is 0 Å². The maximum Gasteiger partial charge on any atom is 0.236 e. The molecular formula is C11H19N5O. The van der Waals surface area contributed by atoms with Gasteiger partial charge >= 0.3 is 0 Å². The number of amides is 1. The van der Waals surface area contributed by atoms with E-state index in [0.29, 0.717) is 6.54 Å². The minimum atomic E-state index is 0.209. The van der Waals surface area contributed by atoms with Crippen LogP contribution in [0.1, 0.15) is 18.7 Å². The first kappa shape index (κ1) is 12.0. The van der Waals surface area contributed by atoms with Crippen LogP contribution in [-0.4, -0.2) is 51.8 Å². The van der Waals surface area contributed by atoms with Crippen LogP contribution in [0.25, 0.3) is 0 Å². The maximum atomic E-state index is 11.7. The van der Waals surface area contributed by atoms with E-state index < -0.39 is 0 Å². The molecule has 1 aliphatic rings. The Balaban J connectivity index is 1.63. The molecule has 6 heteroatoms. The lowest BCUT2D eigenvalue weighted by molar-refractivity contribution is -0.129. The Kier molecular flexibility index (Phi) is 4.08. The molecule has 0 aromatic carbocycles.